The predicted molar refractivity (Wildman–Crippen MR) is 76.0 cm³/mol. The van der Waals surface area contributed by atoms with Crippen LogP contribution in [0.4, 0.5) is 4.79 Å². The van der Waals surface area contributed by atoms with E-state index in [0.717, 1.165) is 0 Å². The normalized spacial score (nSPS) is 11.9. The van der Waals surface area contributed by atoms with Gasteiger partial charge in [-0.05, 0) is 13.8 Å². The minimum atomic E-state index is -1.08. The van der Waals surface area contributed by atoms with Crippen LogP contribution in [0.1, 0.15) is 19.5 Å². The molecule has 0 aliphatic carbocycles. The Kier molecular flexibility index (Phi) is 7.24. The second-order valence-electron chi connectivity index (χ2n) is 4.40. The highest BCUT2D eigenvalue weighted by Gasteiger charge is 2.23. The number of urea groups is 1. The summed E-state index contributed by atoms with van der Waals surface area (Å²) in [6.45, 7) is 5.62. The molecule has 21 heavy (non-hydrogen) atoms. The van der Waals surface area contributed by atoms with Crippen LogP contribution >= 0.6 is 0 Å². The number of amides is 2. The van der Waals surface area contributed by atoms with Crippen molar-refractivity contribution in [2.24, 2.45) is 0 Å². The molecule has 0 aromatic carbocycles. The van der Waals surface area contributed by atoms with Crippen LogP contribution in [0.15, 0.2) is 12.5 Å². The van der Waals surface area contributed by atoms with Crippen LogP contribution in [0.3, 0.4) is 0 Å². The summed E-state index contributed by atoms with van der Waals surface area (Å²) in [6.07, 6.45) is 3.16. The zero-order valence-corrected chi connectivity index (χ0v) is 12.3. The molecule has 0 fully saturated rings. The van der Waals surface area contributed by atoms with E-state index in [9.17, 15) is 14.7 Å². The quantitative estimate of drug-likeness (QED) is 0.575. The number of H-pyrrole nitrogens is 1. The van der Waals surface area contributed by atoms with Gasteiger partial charge in [0.25, 0.3) is 0 Å². The molecule has 0 bridgehead atoms. The lowest BCUT2D eigenvalue weighted by Crippen LogP contribution is -2.49. The van der Waals surface area contributed by atoms with Gasteiger partial charge in [0.1, 0.15) is 6.04 Å². The summed E-state index contributed by atoms with van der Waals surface area (Å²) in [4.78, 5) is 31.5. The average Bonchev–Trinajstić information content (AvgIpc) is 2.95. The van der Waals surface area contributed by atoms with Crippen molar-refractivity contribution in [1.29, 1.82) is 0 Å². The van der Waals surface area contributed by atoms with Gasteiger partial charge in [-0.1, -0.05) is 0 Å². The van der Waals surface area contributed by atoms with Crippen molar-refractivity contribution in [2.75, 3.05) is 26.3 Å². The number of nitrogens with zero attached hydrogens (tertiary/aromatic N) is 2. The third kappa shape index (κ3) is 5.82. The van der Waals surface area contributed by atoms with Gasteiger partial charge in [0, 0.05) is 38.0 Å². The Hall–Kier alpha value is -2.09. The highest BCUT2D eigenvalue weighted by atomic mass is 16.5. The number of carboxylic acids is 1. The molecule has 0 radical (unpaired) electrons. The lowest BCUT2D eigenvalue weighted by atomic mass is 10.1. The molecule has 0 unspecified atom stereocenters. The second kappa shape index (κ2) is 8.96. The molecule has 2 amide bonds. The number of carboxylic acid groups (broad SMARTS) is 1. The number of aromatic nitrogens is 2. The maximum Gasteiger partial charge on any atom is 0.326 e. The minimum absolute atomic E-state index is 0.157. The third-order valence-electron chi connectivity index (χ3n) is 2.95. The monoisotopic (exact) mass is 298 g/mol. The third-order valence-corrected chi connectivity index (χ3v) is 2.95. The predicted octanol–water partition coefficient (Wildman–Crippen LogP) is 0.473. The summed E-state index contributed by atoms with van der Waals surface area (Å²) >= 11 is 0. The van der Waals surface area contributed by atoms with Crippen molar-refractivity contribution in [3.05, 3.63) is 18.2 Å². The summed E-state index contributed by atoms with van der Waals surface area (Å²) in [5.74, 6) is -1.08. The summed E-state index contributed by atoms with van der Waals surface area (Å²) in [7, 11) is 0. The van der Waals surface area contributed by atoms with E-state index in [-0.39, 0.29) is 6.42 Å². The van der Waals surface area contributed by atoms with Crippen LogP contribution < -0.4 is 5.32 Å². The minimum Gasteiger partial charge on any atom is -0.480 e. The van der Waals surface area contributed by atoms with Crippen molar-refractivity contribution in [1.82, 2.24) is 20.2 Å². The van der Waals surface area contributed by atoms with Crippen molar-refractivity contribution in [3.63, 3.8) is 0 Å². The Morgan fingerprint density at radius 1 is 1.52 bits per heavy atom. The number of imidazole rings is 1. The van der Waals surface area contributed by atoms with Crippen LogP contribution in [-0.2, 0) is 16.0 Å². The molecule has 0 saturated heterocycles. The van der Waals surface area contributed by atoms with Gasteiger partial charge in [0.15, 0.2) is 0 Å². The molecule has 1 aromatic rings. The summed E-state index contributed by atoms with van der Waals surface area (Å²) in [5, 5.41) is 11.7. The Bertz CT molecular complexity index is 435. The van der Waals surface area contributed by atoms with E-state index in [2.05, 4.69) is 15.3 Å². The van der Waals surface area contributed by atoms with E-state index in [1.54, 1.807) is 0 Å². The van der Waals surface area contributed by atoms with Crippen LogP contribution in [0.25, 0.3) is 0 Å². The molecule has 1 atom stereocenters. The molecule has 1 rings (SSSR count). The molecule has 0 spiro atoms. The van der Waals surface area contributed by atoms with Crippen molar-refractivity contribution in [2.45, 2.75) is 26.3 Å². The SMILES string of the molecule is CCOCCN(CC)C(=O)N[C@@H](Cc1cnc[nH]1)C(=O)O. The molecule has 1 heterocycles. The van der Waals surface area contributed by atoms with Gasteiger partial charge in [-0.15, -0.1) is 0 Å². The first-order valence-corrected chi connectivity index (χ1v) is 6.91. The zero-order chi connectivity index (χ0) is 15.7. The number of nitrogens with one attached hydrogen (secondary N) is 2. The highest BCUT2D eigenvalue weighted by Crippen LogP contribution is 2.00. The number of aliphatic carboxylic acids is 1. The number of carbonyl (C=O) groups excluding carboxylic acids is 1. The Morgan fingerprint density at radius 3 is 2.81 bits per heavy atom. The molecule has 8 nitrogen and oxygen atoms in total. The first-order valence-electron chi connectivity index (χ1n) is 6.91. The van der Waals surface area contributed by atoms with Crippen molar-refractivity contribution >= 4 is 12.0 Å². The average molecular weight is 298 g/mol. The number of ether oxygens (including phenoxy) is 1. The highest BCUT2D eigenvalue weighted by molar-refractivity contribution is 5.82. The smallest absolute Gasteiger partial charge is 0.326 e. The Balaban J connectivity index is 2.56. The molecule has 0 aliphatic rings. The summed E-state index contributed by atoms with van der Waals surface area (Å²) < 4.78 is 5.20. The lowest BCUT2D eigenvalue weighted by molar-refractivity contribution is -0.139. The Labute approximate surface area is 123 Å². The fraction of sp³-hybridized carbons (Fsp3) is 0.615. The first kappa shape index (κ1) is 17.0. The second-order valence-corrected chi connectivity index (χ2v) is 4.40. The molecule has 0 saturated carbocycles. The van der Waals surface area contributed by atoms with Gasteiger partial charge in [-0.2, -0.15) is 0 Å². The van der Waals surface area contributed by atoms with E-state index in [0.29, 0.717) is 32.0 Å². The number of hydrogen-bond donors (Lipinski definition) is 3. The molecule has 3 N–H and O–H groups in total. The van der Waals surface area contributed by atoms with Crippen molar-refractivity contribution in [3.8, 4) is 0 Å². The maximum absolute atomic E-state index is 12.1. The van der Waals surface area contributed by atoms with Gasteiger partial charge in [-0.25, -0.2) is 14.6 Å². The summed E-state index contributed by atoms with van der Waals surface area (Å²) in [5.41, 5.74) is 0.653. The number of carbonyl (C=O) groups is 2. The van der Waals surface area contributed by atoms with Crippen LogP contribution in [0, 0.1) is 0 Å². The van der Waals surface area contributed by atoms with Gasteiger partial charge in [-0.3, -0.25) is 0 Å². The van der Waals surface area contributed by atoms with E-state index >= 15 is 0 Å². The standard InChI is InChI=1S/C13H22N4O4/c1-3-17(5-6-21-4-2)13(20)16-11(12(18)19)7-10-8-14-9-15-10/h8-9,11H,3-7H2,1-2H3,(H,14,15)(H,16,20)(H,18,19)/t11-/m0/s1. The summed E-state index contributed by atoms with van der Waals surface area (Å²) in [6, 6.07) is -1.41. The molecule has 8 heteroatoms. The molecule has 118 valence electrons. The number of likely N-dealkylation sites (N-methyl/N-ethyl adjacent to an activating group) is 1. The van der Waals surface area contributed by atoms with Gasteiger partial charge < -0.3 is 25.0 Å². The van der Waals surface area contributed by atoms with Crippen LogP contribution in [0.2, 0.25) is 0 Å². The first-order chi connectivity index (χ1) is 10.1. The molecule has 0 aliphatic heterocycles. The van der Waals surface area contributed by atoms with E-state index in [4.69, 9.17) is 4.74 Å². The Morgan fingerprint density at radius 2 is 2.29 bits per heavy atom. The molecular formula is C13H22N4O4. The molecular weight excluding hydrogens is 276 g/mol. The van der Waals surface area contributed by atoms with Crippen LogP contribution in [-0.4, -0.2) is 64.3 Å². The van der Waals surface area contributed by atoms with Gasteiger partial charge in [0.05, 0.1) is 12.9 Å². The van der Waals surface area contributed by atoms with E-state index in [1.807, 2.05) is 13.8 Å². The van der Waals surface area contributed by atoms with E-state index < -0.39 is 18.0 Å². The zero-order valence-electron chi connectivity index (χ0n) is 12.3. The number of rotatable bonds is 9. The lowest BCUT2D eigenvalue weighted by Gasteiger charge is -2.23. The van der Waals surface area contributed by atoms with Gasteiger partial charge in [0.2, 0.25) is 0 Å². The van der Waals surface area contributed by atoms with Crippen LogP contribution in [0.5, 0.6) is 0 Å². The van der Waals surface area contributed by atoms with Gasteiger partial charge >= 0.3 is 12.0 Å². The largest absolute Gasteiger partial charge is 0.480 e. The maximum atomic E-state index is 12.1. The molecule has 1 aromatic heterocycles. The number of aromatic amines is 1. The fourth-order valence-corrected chi connectivity index (χ4v) is 1.78. The van der Waals surface area contributed by atoms with Crippen molar-refractivity contribution < 1.29 is 19.4 Å². The topological polar surface area (TPSA) is 108 Å². The number of hydrogen-bond acceptors (Lipinski definition) is 4. The fourth-order valence-electron chi connectivity index (χ4n) is 1.78. The van der Waals surface area contributed by atoms with E-state index in [1.165, 1.54) is 17.4 Å².